The Morgan fingerprint density at radius 3 is 2.81 bits per heavy atom. The van der Waals surface area contributed by atoms with Gasteiger partial charge in [0.15, 0.2) is 23.9 Å². The maximum atomic E-state index is 12.5. The van der Waals surface area contributed by atoms with Gasteiger partial charge in [0, 0.05) is 36.2 Å². The summed E-state index contributed by atoms with van der Waals surface area (Å²) in [6.45, 7) is 4.96. The molecule has 0 bridgehead atoms. The first-order valence-corrected chi connectivity index (χ1v) is 11.2. The van der Waals surface area contributed by atoms with Gasteiger partial charge >= 0.3 is 0 Å². The maximum absolute atomic E-state index is 12.5. The van der Waals surface area contributed by atoms with E-state index in [0.717, 1.165) is 54.3 Å². The summed E-state index contributed by atoms with van der Waals surface area (Å²) in [4.78, 5) is 12.5. The largest absolute Gasteiger partial charge is 0.483 e. The minimum absolute atomic E-state index is 0.0837. The molecule has 1 aromatic heterocycles. The van der Waals surface area contributed by atoms with Gasteiger partial charge in [0.05, 0.1) is 0 Å². The number of anilines is 1. The number of benzene rings is 2. The number of rotatable bonds is 5. The molecule has 0 radical (unpaired) electrons. The van der Waals surface area contributed by atoms with Gasteiger partial charge in [0.2, 0.25) is 0 Å². The van der Waals surface area contributed by atoms with Gasteiger partial charge in [-0.2, -0.15) is 0 Å². The molecule has 3 aromatic rings. The third kappa shape index (κ3) is 4.20. The second kappa shape index (κ2) is 8.30. The summed E-state index contributed by atoms with van der Waals surface area (Å²) < 4.78 is 14.0. The molecular weight excluding hydrogens is 404 g/mol. The summed E-state index contributed by atoms with van der Waals surface area (Å²) in [6, 6.07) is 13.5. The number of carbonyl (C=O) groups excluding carboxylic acids is 1. The highest BCUT2D eigenvalue weighted by Gasteiger charge is 2.32. The molecule has 0 saturated heterocycles. The highest BCUT2D eigenvalue weighted by atomic mass is 16.5. The third-order valence-corrected chi connectivity index (χ3v) is 5.95. The lowest BCUT2D eigenvalue weighted by Crippen LogP contribution is -2.25. The first-order chi connectivity index (χ1) is 15.5. The SMILES string of the molecule is CC1(C)Cc2cccc(OCC(=O)Nc3ccc(-c4nnc5n4CCCCC5)cc3)c2O1. The van der Waals surface area contributed by atoms with Crippen molar-refractivity contribution in [3.05, 3.63) is 53.9 Å². The number of hydrogen-bond donors (Lipinski definition) is 1. The molecule has 1 amide bonds. The van der Waals surface area contributed by atoms with E-state index < -0.39 is 0 Å². The zero-order valence-electron chi connectivity index (χ0n) is 18.6. The normalized spacial score (nSPS) is 16.4. The van der Waals surface area contributed by atoms with Gasteiger partial charge in [-0.05, 0) is 57.0 Å². The lowest BCUT2D eigenvalue weighted by molar-refractivity contribution is -0.118. The van der Waals surface area contributed by atoms with E-state index in [1.54, 1.807) is 0 Å². The zero-order valence-corrected chi connectivity index (χ0v) is 18.6. The van der Waals surface area contributed by atoms with Crippen LogP contribution in [0.1, 0.15) is 44.5 Å². The molecular formula is C25H28N4O3. The number of aryl methyl sites for hydroxylation is 1. The molecule has 3 heterocycles. The van der Waals surface area contributed by atoms with Crippen molar-refractivity contribution in [1.29, 1.82) is 0 Å². The van der Waals surface area contributed by atoms with Crippen LogP contribution in [-0.4, -0.2) is 32.9 Å². The molecule has 2 aliphatic rings. The maximum Gasteiger partial charge on any atom is 0.262 e. The van der Waals surface area contributed by atoms with Gasteiger partial charge in [-0.1, -0.05) is 18.6 Å². The van der Waals surface area contributed by atoms with Crippen LogP contribution in [0, 0.1) is 0 Å². The van der Waals surface area contributed by atoms with E-state index in [2.05, 4.69) is 20.1 Å². The summed E-state index contributed by atoms with van der Waals surface area (Å²) in [6.07, 6.45) is 5.35. The Labute approximate surface area is 187 Å². The summed E-state index contributed by atoms with van der Waals surface area (Å²) in [5.41, 5.74) is 2.57. The van der Waals surface area contributed by atoms with Crippen LogP contribution in [-0.2, 0) is 24.2 Å². The minimum Gasteiger partial charge on any atom is -0.483 e. The molecule has 5 rings (SSSR count). The number of nitrogens with one attached hydrogen (secondary N) is 1. The van der Waals surface area contributed by atoms with Crippen LogP contribution in [0.15, 0.2) is 42.5 Å². The van der Waals surface area contributed by atoms with Crippen LogP contribution in [0.4, 0.5) is 5.69 Å². The zero-order chi connectivity index (χ0) is 22.1. The Morgan fingerprint density at radius 2 is 1.97 bits per heavy atom. The number of fused-ring (bicyclic) bond motifs is 2. The average Bonchev–Trinajstić information content (AvgIpc) is 3.22. The van der Waals surface area contributed by atoms with Crippen molar-refractivity contribution in [3.8, 4) is 22.9 Å². The van der Waals surface area contributed by atoms with Crippen molar-refractivity contribution >= 4 is 11.6 Å². The molecule has 0 unspecified atom stereocenters. The molecule has 7 nitrogen and oxygen atoms in total. The van der Waals surface area contributed by atoms with Gasteiger partial charge in [0.25, 0.3) is 5.91 Å². The number of nitrogens with zero attached hydrogens (tertiary/aromatic N) is 3. The fourth-order valence-corrected chi connectivity index (χ4v) is 4.44. The van der Waals surface area contributed by atoms with Crippen molar-refractivity contribution in [3.63, 3.8) is 0 Å². The number of hydrogen-bond acceptors (Lipinski definition) is 5. The number of carbonyl (C=O) groups is 1. The van der Waals surface area contributed by atoms with Crippen LogP contribution in [0.25, 0.3) is 11.4 Å². The predicted octanol–water partition coefficient (Wildman–Crippen LogP) is 4.40. The van der Waals surface area contributed by atoms with Gasteiger partial charge in [0.1, 0.15) is 11.4 Å². The molecule has 166 valence electrons. The second-order valence-corrected chi connectivity index (χ2v) is 9.10. The standard InChI is InChI=1S/C25H28N4O3/c1-25(2)15-18-7-6-8-20(23(18)32-25)31-16-22(30)26-19-12-10-17(11-13-19)24-28-27-21-9-4-3-5-14-29(21)24/h6-8,10-13H,3-5,9,14-16H2,1-2H3,(H,26,30). The average molecular weight is 433 g/mol. The van der Waals surface area contributed by atoms with Gasteiger partial charge in [-0.25, -0.2) is 0 Å². The monoisotopic (exact) mass is 432 g/mol. The molecule has 0 fully saturated rings. The molecule has 1 N–H and O–H groups in total. The molecule has 2 aliphatic heterocycles. The third-order valence-electron chi connectivity index (χ3n) is 5.95. The van der Waals surface area contributed by atoms with E-state index in [4.69, 9.17) is 9.47 Å². The highest BCUT2D eigenvalue weighted by molar-refractivity contribution is 5.92. The van der Waals surface area contributed by atoms with E-state index in [1.165, 1.54) is 12.8 Å². The first kappa shape index (κ1) is 20.5. The smallest absolute Gasteiger partial charge is 0.262 e. The summed E-state index contributed by atoms with van der Waals surface area (Å²) in [5.74, 6) is 3.08. The van der Waals surface area contributed by atoms with Crippen molar-refractivity contribution in [2.75, 3.05) is 11.9 Å². The summed E-state index contributed by atoms with van der Waals surface area (Å²) >= 11 is 0. The minimum atomic E-state index is -0.255. The van der Waals surface area contributed by atoms with E-state index >= 15 is 0 Å². The quantitative estimate of drug-likeness (QED) is 0.646. The van der Waals surface area contributed by atoms with Crippen LogP contribution < -0.4 is 14.8 Å². The van der Waals surface area contributed by atoms with Crippen LogP contribution in [0.5, 0.6) is 11.5 Å². The van der Waals surface area contributed by atoms with Crippen LogP contribution >= 0.6 is 0 Å². The molecule has 0 saturated carbocycles. The predicted molar refractivity (Wildman–Crippen MR) is 122 cm³/mol. The van der Waals surface area contributed by atoms with Crippen LogP contribution in [0.2, 0.25) is 0 Å². The van der Waals surface area contributed by atoms with E-state index in [1.807, 2.05) is 56.3 Å². The lowest BCUT2D eigenvalue weighted by Gasteiger charge is -2.18. The Hall–Kier alpha value is -3.35. The Bertz CT molecular complexity index is 1130. The van der Waals surface area contributed by atoms with Crippen molar-refractivity contribution in [1.82, 2.24) is 14.8 Å². The summed E-state index contributed by atoms with van der Waals surface area (Å²) in [7, 11) is 0. The molecule has 7 heteroatoms. The second-order valence-electron chi connectivity index (χ2n) is 9.10. The fraction of sp³-hybridized carbons (Fsp3) is 0.400. The highest BCUT2D eigenvalue weighted by Crippen LogP contribution is 2.41. The molecule has 32 heavy (non-hydrogen) atoms. The Kier molecular flexibility index (Phi) is 5.33. The number of aromatic nitrogens is 3. The number of amides is 1. The molecule has 0 spiro atoms. The summed E-state index contributed by atoms with van der Waals surface area (Å²) in [5, 5.41) is 11.7. The Balaban J connectivity index is 1.21. The number of ether oxygens (including phenoxy) is 2. The topological polar surface area (TPSA) is 78.3 Å². The van der Waals surface area contributed by atoms with Crippen molar-refractivity contribution in [2.45, 2.75) is 58.1 Å². The van der Waals surface area contributed by atoms with Crippen molar-refractivity contribution < 1.29 is 14.3 Å². The van der Waals surface area contributed by atoms with Crippen molar-refractivity contribution in [2.24, 2.45) is 0 Å². The molecule has 0 aliphatic carbocycles. The van der Waals surface area contributed by atoms with Gasteiger partial charge in [-0.15, -0.1) is 10.2 Å². The van der Waals surface area contributed by atoms with E-state index in [9.17, 15) is 4.79 Å². The van der Waals surface area contributed by atoms with Crippen LogP contribution in [0.3, 0.4) is 0 Å². The lowest BCUT2D eigenvalue weighted by atomic mass is 10.0. The van der Waals surface area contributed by atoms with Gasteiger partial charge < -0.3 is 19.4 Å². The fourth-order valence-electron chi connectivity index (χ4n) is 4.44. The first-order valence-electron chi connectivity index (χ1n) is 11.2. The van der Waals surface area contributed by atoms with E-state index in [-0.39, 0.29) is 18.1 Å². The number of para-hydroxylation sites is 1. The van der Waals surface area contributed by atoms with Gasteiger partial charge in [-0.3, -0.25) is 4.79 Å². The molecule has 2 aromatic carbocycles. The Morgan fingerprint density at radius 1 is 1.12 bits per heavy atom. The molecule has 0 atom stereocenters. The van der Waals surface area contributed by atoms with E-state index in [0.29, 0.717) is 11.4 Å².